The van der Waals surface area contributed by atoms with Crippen LogP contribution in [0.3, 0.4) is 0 Å². The van der Waals surface area contributed by atoms with Gasteiger partial charge >= 0.3 is 0 Å². The summed E-state index contributed by atoms with van der Waals surface area (Å²) in [6.45, 7) is 0.485. The Balaban J connectivity index is 1.79. The van der Waals surface area contributed by atoms with Crippen molar-refractivity contribution in [2.75, 3.05) is 6.61 Å². The van der Waals surface area contributed by atoms with E-state index in [0.717, 1.165) is 12.8 Å². The highest BCUT2D eigenvalue weighted by molar-refractivity contribution is 5.76. The van der Waals surface area contributed by atoms with E-state index in [9.17, 15) is 9.18 Å². The van der Waals surface area contributed by atoms with Gasteiger partial charge in [-0.15, -0.1) is 0 Å². The molecule has 1 aliphatic rings. The quantitative estimate of drug-likeness (QED) is 0.802. The van der Waals surface area contributed by atoms with E-state index in [4.69, 9.17) is 10.5 Å². The molecule has 0 spiro atoms. The maximum atomic E-state index is 13.0. The summed E-state index contributed by atoms with van der Waals surface area (Å²) in [5.41, 5.74) is 6.11. The monoisotopic (exact) mass is 252 g/mol. The zero-order valence-electron chi connectivity index (χ0n) is 10.1. The molecule has 0 heterocycles. The summed E-state index contributed by atoms with van der Waals surface area (Å²) in [6, 6.07) is 4.57. The van der Waals surface area contributed by atoms with E-state index in [-0.39, 0.29) is 24.9 Å². The van der Waals surface area contributed by atoms with Gasteiger partial charge in [0.1, 0.15) is 11.6 Å². The average molecular weight is 252 g/mol. The first kappa shape index (κ1) is 12.8. The first-order chi connectivity index (χ1) is 8.69. The zero-order valence-corrected chi connectivity index (χ0v) is 10.1. The molecule has 2 rings (SSSR count). The van der Waals surface area contributed by atoms with Crippen LogP contribution in [0.4, 0.5) is 4.39 Å². The van der Waals surface area contributed by atoms with E-state index in [1.165, 1.54) is 18.2 Å². The highest BCUT2D eigenvalue weighted by Crippen LogP contribution is 2.20. The van der Waals surface area contributed by atoms with Crippen LogP contribution in [0.2, 0.25) is 0 Å². The second-order valence-electron chi connectivity index (χ2n) is 4.40. The molecule has 18 heavy (non-hydrogen) atoms. The van der Waals surface area contributed by atoms with Crippen molar-refractivity contribution in [1.82, 2.24) is 5.32 Å². The number of ether oxygens (including phenoxy) is 1. The Bertz CT molecular complexity index is 433. The maximum absolute atomic E-state index is 13.0. The molecule has 0 aromatic heterocycles. The van der Waals surface area contributed by atoms with E-state index in [1.807, 2.05) is 0 Å². The number of nitrogens with two attached hydrogens (primary N) is 1. The summed E-state index contributed by atoms with van der Waals surface area (Å²) in [5, 5.41) is 2.87. The van der Waals surface area contributed by atoms with Gasteiger partial charge in [-0.05, 0) is 31.0 Å². The SMILES string of the molecule is NCc1cc(F)ccc1OCCC(=O)NC1CC1. The van der Waals surface area contributed by atoms with Gasteiger partial charge in [-0.2, -0.15) is 0 Å². The fraction of sp³-hybridized carbons (Fsp3) is 0.462. The van der Waals surface area contributed by atoms with Crippen LogP contribution in [0.5, 0.6) is 5.75 Å². The second kappa shape index (κ2) is 5.82. The number of nitrogens with one attached hydrogen (secondary N) is 1. The summed E-state index contributed by atoms with van der Waals surface area (Å²) < 4.78 is 18.4. The number of benzene rings is 1. The number of hydrogen-bond donors (Lipinski definition) is 2. The summed E-state index contributed by atoms with van der Waals surface area (Å²) >= 11 is 0. The second-order valence-corrected chi connectivity index (χ2v) is 4.40. The predicted molar refractivity (Wildman–Crippen MR) is 65.6 cm³/mol. The molecule has 0 unspecified atom stereocenters. The van der Waals surface area contributed by atoms with Gasteiger partial charge in [0.25, 0.3) is 0 Å². The Morgan fingerprint density at radius 2 is 2.28 bits per heavy atom. The summed E-state index contributed by atoms with van der Waals surface area (Å²) in [5.74, 6) is 0.196. The van der Waals surface area contributed by atoms with Gasteiger partial charge in [-0.3, -0.25) is 4.79 Å². The van der Waals surface area contributed by atoms with Crippen molar-refractivity contribution < 1.29 is 13.9 Å². The van der Waals surface area contributed by atoms with Crippen molar-refractivity contribution in [2.45, 2.75) is 31.8 Å². The molecule has 1 aliphatic carbocycles. The average Bonchev–Trinajstić information content (AvgIpc) is 3.14. The third kappa shape index (κ3) is 3.70. The summed E-state index contributed by atoms with van der Waals surface area (Å²) in [7, 11) is 0. The molecule has 1 amide bonds. The molecular formula is C13H17FN2O2. The van der Waals surface area contributed by atoms with Crippen molar-refractivity contribution in [3.63, 3.8) is 0 Å². The van der Waals surface area contributed by atoms with Gasteiger partial charge in [0, 0.05) is 18.2 Å². The van der Waals surface area contributed by atoms with E-state index < -0.39 is 0 Å². The Kier molecular flexibility index (Phi) is 4.15. The lowest BCUT2D eigenvalue weighted by Crippen LogP contribution is -2.26. The molecule has 0 atom stereocenters. The molecule has 5 heteroatoms. The van der Waals surface area contributed by atoms with E-state index in [2.05, 4.69) is 5.32 Å². The van der Waals surface area contributed by atoms with E-state index in [0.29, 0.717) is 23.8 Å². The van der Waals surface area contributed by atoms with Crippen LogP contribution in [0.1, 0.15) is 24.8 Å². The smallest absolute Gasteiger partial charge is 0.223 e. The number of rotatable bonds is 6. The lowest BCUT2D eigenvalue weighted by molar-refractivity contribution is -0.121. The molecule has 1 aromatic rings. The molecule has 0 bridgehead atoms. The molecule has 1 saturated carbocycles. The minimum Gasteiger partial charge on any atom is -0.493 e. The fourth-order valence-corrected chi connectivity index (χ4v) is 1.63. The molecular weight excluding hydrogens is 235 g/mol. The molecule has 98 valence electrons. The van der Waals surface area contributed by atoms with Crippen LogP contribution in [0.15, 0.2) is 18.2 Å². The molecule has 4 nitrogen and oxygen atoms in total. The minimum atomic E-state index is -0.339. The Morgan fingerprint density at radius 1 is 1.50 bits per heavy atom. The van der Waals surface area contributed by atoms with Crippen LogP contribution < -0.4 is 15.8 Å². The molecule has 1 aromatic carbocycles. The molecule has 0 radical (unpaired) electrons. The van der Waals surface area contributed by atoms with Crippen LogP contribution in [-0.2, 0) is 11.3 Å². The predicted octanol–water partition coefficient (Wildman–Crippen LogP) is 1.33. The van der Waals surface area contributed by atoms with E-state index in [1.54, 1.807) is 0 Å². The Morgan fingerprint density at radius 3 is 2.94 bits per heavy atom. The first-order valence-electron chi connectivity index (χ1n) is 6.09. The number of hydrogen-bond acceptors (Lipinski definition) is 3. The van der Waals surface area contributed by atoms with Gasteiger partial charge in [-0.1, -0.05) is 0 Å². The third-order valence-corrected chi connectivity index (χ3v) is 2.77. The number of carbonyl (C=O) groups is 1. The van der Waals surface area contributed by atoms with E-state index >= 15 is 0 Å². The Labute approximate surface area is 105 Å². The van der Waals surface area contributed by atoms with Crippen LogP contribution >= 0.6 is 0 Å². The lowest BCUT2D eigenvalue weighted by Gasteiger charge is -2.10. The van der Waals surface area contributed by atoms with Crippen LogP contribution in [0.25, 0.3) is 0 Å². The highest BCUT2D eigenvalue weighted by Gasteiger charge is 2.22. The molecule has 0 saturated heterocycles. The van der Waals surface area contributed by atoms with Crippen molar-refractivity contribution in [3.05, 3.63) is 29.6 Å². The number of amides is 1. The number of carbonyl (C=O) groups excluding carboxylic acids is 1. The zero-order chi connectivity index (χ0) is 13.0. The van der Waals surface area contributed by atoms with Gasteiger partial charge < -0.3 is 15.8 Å². The first-order valence-corrected chi connectivity index (χ1v) is 6.09. The molecule has 1 fully saturated rings. The van der Waals surface area contributed by atoms with Gasteiger partial charge in [0.05, 0.1) is 13.0 Å². The number of halogens is 1. The third-order valence-electron chi connectivity index (χ3n) is 2.77. The van der Waals surface area contributed by atoms with Crippen LogP contribution in [-0.4, -0.2) is 18.6 Å². The topological polar surface area (TPSA) is 64.3 Å². The molecule has 3 N–H and O–H groups in total. The van der Waals surface area contributed by atoms with Gasteiger partial charge in [0.15, 0.2) is 0 Å². The van der Waals surface area contributed by atoms with Crippen molar-refractivity contribution in [1.29, 1.82) is 0 Å². The van der Waals surface area contributed by atoms with Crippen molar-refractivity contribution >= 4 is 5.91 Å². The standard InChI is InChI=1S/C13H17FN2O2/c14-10-1-4-12(9(7-10)8-15)18-6-5-13(17)16-11-2-3-11/h1,4,7,11H,2-3,5-6,8,15H2,(H,16,17). The van der Waals surface area contributed by atoms with Crippen molar-refractivity contribution in [3.8, 4) is 5.75 Å². The molecule has 0 aliphatic heterocycles. The van der Waals surface area contributed by atoms with Gasteiger partial charge in [0.2, 0.25) is 5.91 Å². The lowest BCUT2D eigenvalue weighted by atomic mass is 10.2. The highest BCUT2D eigenvalue weighted by atomic mass is 19.1. The normalized spacial score (nSPS) is 14.3. The summed E-state index contributed by atoms with van der Waals surface area (Å²) in [4.78, 5) is 11.4. The minimum absolute atomic E-state index is 0.00564. The maximum Gasteiger partial charge on any atom is 0.223 e. The Hall–Kier alpha value is -1.62. The van der Waals surface area contributed by atoms with Crippen molar-refractivity contribution in [2.24, 2.45) is 5.73 Å². The summed E-state index contributed by atoms with van der Waals surface area (Å²) in [6.07, 6.45) is 2.45. The van der Waals surface area contributed by atoms with Gasteiger partial charge in [-0.25, -0.2) is 4.39 Å². The van der Waals surface area contributed by atoms with Crippen LogP contribution in [0, 0.1) is 5.82 Å². The fourth-order valence-electron chi connectivity index (χ4n) is 1.63. The largest absolute Gasteiger partial charge is 0.493 e.